The number of rotatable bonds is 3. The highest BCUT2D eigenvalue weighted by Gasteiger charge is 2.40. The maximum Gasteiger partial charge on any atom is 0.435 e. The van der Waals surface area contributed by atoms with Gasteiger partial charge in [0.25, 0.3) is 5.91 Å². The van der Waals surface area contributed by atoms with E-state index in [2.05, 4.69) is 5.10 Å². The summed E-state index contributed by atoms with van der Waals surface area (Å²) >= 11 is 0. The quantitative estimate of drug-likeness (QED) is 0.867. The number of likely N-dealkylation sites (tertiary alicyclic amines) is 1. The van der Waals surface area contributed by atoms with Crippen molar-refractivity contribution in [1.82, 2.24) is 14.7 Å². The van der Waals surface area contributed by atoms with Crippen molar-refractivity contribution < 1.29 is 28.2 Å². The van der Waals surface area contributed by atoms with Crippen LogP contribution in [-0.2, 0) is 6.18 Å². The Bertz CT molecular complexity index is 598. The highest BCUT2D eigenvalue weighted by atomic mass is 19.4. The Morgan fingerprint density at radius 3 is 2.61 bits per heavy atom. The molecule has 0 spiro atoms. The van der Waals surface area contributed by atoms with Crippen LogP contribution in [0, 0.1) is 5.92 Å². The number of halogens is 3. The fraction of sp³-hybridized carbons (Fsp3) is 0.714. The fourth-order valence-electron chi connectivity index (χ4n) is 2.84. The minimum atomic E-state index is -4.60. The molecule has 2 atom stereocenters. The molecule has 2 aliphatic rings. The summed E-state index contributed by atoms with van der Waals surface area (Å²) in [5.41, 5.74) is -1.14. The standard InChI is InChI=1S/C14H18F3N3O3/c15-14(16,17)12-5-10(20(18-12)9-1-2-9)13(23)19-4-3-11(22)8(6-19)7-21/h5,8-9,11,21-22H,1-4,6-7H2. The lowest BCUT2D eigenvalue weighted by Crippen LogP contribution is -2.47. The van der Waals surface area contributed by atoms with Gasteiger partial charge < -0.3 is 15.1 Å². The molecule has 2 heterocycles. The monoisotopic (exact) mass is 333 g/mol. The Kier molecular flexibility index (Phi) is 4.09. The maximum absolute atomic E-state index is 12.9. The van der Waals surface area contributed by atoms with E-state index < -0.39 is 29.8 Å². The molecular formula is C14H18F3N3O3. The number of carbonyl (C=O) groups excluding carboxylic acids is 1. The molecule has 1 amide bonds. The second-order valence-electron chi connectivity index (χ2n) is 6.14. The molecule has 2 unspecified atom stereocenters. The first-order chi connectivity index (χ1) is 10.8. The number of hydrogen-bond donors (Lipinski definition) is 2. The minimum Gasteiger partial charge on any atom is -0.396 e. The molecule has 1 aliphatic heterocycles. The summed E-state index contributed by atoms with van der Waals surface area (Å²) in [4.78, 5) is 14.0. The van der Waals surface area contributed by atoms with Gasteiger partial charge in [-0.25, -0.2) is 0 Å². The molecule has 128 valence electrons. The molecule has 3 rings (SSSR count). The van der Waals surface area contributed by atoms with Gasteiger partial charge in [-0.2, -0.15) is 18.3 Å². The third kappa shape index (κ3) is 3.20. The zero-order valence-electron chi connectivity index (χ0n) is 12.3. The first-order valence-electron chi connectivity index (χ1n) is 7.56. The van der Waals surface area contributed by atoms with Crippen molar-refractivity contribution >= 4 is 5.91 Å². The predicted octanol–water partition coefficient (Wildman–Crippen LogP) is 1.05. The number of piperidine rings is 1. The smallest absolute Gasteiger partial charge is 0.396 e. The van der Waals surface area contributed by atoms with Gasteiger partial charge >= 0.3 is 6.18 Å². The average molecular weight is 333 g/mol. The van der Waals surface area contributed by atoms with Crippen molar-refractivity contribution in [3.05, 3.63) is 17.5 Å². The summed E-state index contributed by atoms with van der Waals surface area (Å²) in [6, 6.07) is 0.633. The van der Waals surface area contributed by atoms with E-state index in [0.717, 1.165) is 6.07 Å². The number of aliphatic hydroxyl groups excluding tert-OH is 2. The molecule has 0 bridgehead atoms. The van der Waals surface area contributed by atoms with Gasteiger partial charge in [-0.3, -0.25) is 9.48 Å². The van der Waals surface area contributed by atoms with Crippen LogP contribution in [0.15, 0.2) is 6.07 Å². The highest BCUT2D eigenvalue weighted by molar-refractivity contribution is 5.93. The Labute approximate surface area is 130 Å². The van der Waals surface area contributed by atoms with E-state index >= 15 is 0 Å². The van der Waals surface area contributed by atoms with Crippen LogP contribution in [0.1, 0.15) is 41.5 Å². The van der Waals surface area contributed by atoms with Gasteiger partial charge in [0.2, 0.25) is 0 Å². The van der Waals surface area contributed by atoms with Crippen LogP contribution in [0.2, 0.25) is 0 Å². The number of nitrogens with zero attached hydrogens (tertiary/aromatic N) is 3. The molecule has 0 radical (unpaired) electrons. The first kappa shape index (κ1) is 16.3. The van der Waals surface area contributed by atoms with Gasteiger partial charge in [0.15, 0.2) is 5.69 Å². The summed E-state index contributed by atoms with van der Waals surface area (Å²) in [5.74, 6) is -1.02. The second kappa shape index (κ2) is 5.79. The molecule has 23 heavy (non-hydrogen) atoms. The van der Waals surface area contributed by atoms with Crippen molar-refractivity contribution in [1.29, 1.82) is 0 Å². The molecule has 2 fully saturated rings. The third-order valence-corrected chi connectivity index (χ3v) is 4.35. The maximum atomic E-state index is 12.9. The van der Waals surface area contributed by atoms with Gasteiger partial charge in [0.05, 0.1) is 18.8 Å². The summed E-state index contributed by atoms with van der Waals surface area (Å²) in [6.45, 7) is 0.0853. The lowest BCUT2D eigenvalue weighted by atomic mass is 9.95. The third-order valence-electron chi connectivity index (χ3n) is 4.35. The van der Waals surface area contributed by atoms with Gasteiger partial charge in [0.1, 0.15) is 5.69 Å². The van der Waals surface area contributed by atoms with E-state index in [1.165, 1.54) is 9.58 Å². The van der Waals surface area contributed by atoms with Crippen LogP contribution in [0.3, 0.4) is 0 Å². The Hall–Kier alpha value is -1.61. The van der Waals surface area contributed by atoms with E-state index in [0.29, 0.717) is 19.3 Å². The van der Waals surface area contributed by atoms with Gasteiger partial charge in [-0.1, -0.05) is 0 Å². The number of aromatic nitrogens is 2. The number of hydrogen-bond acceptors (Lipinski definition) is 4. The first-order valence-corrected chi connectivity index (χ1v) is 7.56. The van der Waals surface area contributed by atoms with Crippen molar-refractivity contribution in [2.75, 3.05) is 19.7 Å². The van der Waals surface area contributed by atoms with Gasteiger partial charge in [-0.15, -0.1) is 0 Å². The minimum absolute atomic E-state index is 0.0760. The summed E-state index contributed by atoms with van der Waals surface area (Å²) in [6.07, 6.45) is -3.60. The largest absolute Gasteiger partial charge is 0.435 e. The van der Waals surface area contributed by atoms with E-state index in [1.807, 2.05) is 0 Å². The summed E-state index contributed by atoms with van der Waals surface area (Å²) in [7, 11) is 0. The van der Waals surface area contributed by atoms with E-state index in [4.69, 9.17) is 0 Å². The van der Waals surface area contributed by atoms with Crippen molar-refractivity contribution in [2.24, 2.45) is 5.92 Å². The Morgan fingerprint density at radius 1 is 1.35 bits per heavy atom. The highest BCUT2D eigenvalue weighted by Crippen LogP contribution is 2.38. The van der Waals surface area contributed by atoms with Gasteiger partial charge in [0, 0.05) is 25.1 Å². The molecule has 1 saturated heterocycles. The Balaban J connectivity index is 1.85. The molecule has 1 aromatic rings. The number of aliphatic hydroxyl groups is 2. The molecule has 1 aliphatic carbocycles. The number of amides is 1. The van der Waals surface area contributed by atoms with E-state index in [-0.39, 0.29) is 31.4 Å². The van der Waals surface area contributed by atoms with E-state index in [9.17, 15) is 28.2 Å². The number of alkyl halides is 3. The summed E-state index contributed by atoms with van der Waals surface area (Å²) < 4.78 is 39.8. The normalized spacial score (nSPS) is 25.7. The van der Waals surface area contributed by atoms with Crippen molar-refractivity contribution in [3.8, 4) is 0 Å². The summed E-state index contributed by atoms with van der Waals surface area (Å²) in [5, 5.41) is 22.5. The zero-order chi connectivity index (χ0) is 16.8. The van der Waals surface area contributed by atoms with Crippen molar-refractivity contribution in [2.45, 2.75) is 37.6 Å². The van der Waals surface area contributed by atoms with E-state index in [1.54, 1.807) is 0 Å². The second-order valence-corrected chi connectivity index (χ2v) is 6.14. The Morgan fingerprint density at radius 2 is 2.04 bits per heavy atom. The molecule has 0 aromatic carbocycles. The fourth-order valence-corrected chi connectivity index (χ4v) is 2.84. The van der Waals surface area contributed by atoms with Crippen LogP contribution < -0.4 is 0 Å². The molecule has 6 nitrogen and oxygen atoms in total. The zero-order valence-corrected chi connectivity index (χ0v) is 12.3. The SMILES string of the molecule is O=C(c1cc(C(F)(F)F)nn1C1CC1)N1CCC(O)C(CO)C1. The lowest BCUT2D eigenvalue weighted by molar-refractivity contribution is -0.141. The van der Waals surface area contributed by atoms with Crippen LogP contribution in [0.25, 0.3) is 0 Å². The topological polar surface area (TPSA) is 78.6 Å². The lowest BCUT2D eigenvalue weighted by Gasteiger charge is -2.35. The van der Waals surface area contributed by atoms with Crippen LogP contribution in [-0.4, -0.2) is 56.6 Å². The van der Waals surface area contributed by atoms with Crippen LogP contribution in [0.5, 0.6) is 0 Å². The molecule has 9 heteroatoms. The average Bonchev–Trinajstić information content (AvgIpc) is 3.24. The molecular weight excluding hydrogens is 315 g/mol. The predicted molar refractivity (Wildman–Crippen MR) is 72.6 cm³/mol. The van der Waals surface area contributed by atoms with Crippen LogP contribution in [0.4, 0.5) is 13.2 Å². The molecule has 1 saturated carbocycles. The van der Waals surface area contributed by atoms with Crippen LogP contribution >= 0.6 is 0 Å². The molecule has 1 aromatic heterocycles. The molecule has 2 N–H and O–H groups in total. The van der Waals surface area contributed by atoms with Crippen molar-refractivity contribution in [3.63, 3.8) is 0 Å². The number of carbonyl (C=O) groups is 1. The van der Waals surface area contributed by atoms with Gasteiger partial charge in [-0.05, 0) is 19.3 Å².